The third-order valence-corrected chi connectivity index (χ3v) is 4.31. The number of hydrogen-bond donors (Lipinski definition) is 1. The molecule has 0 radical (unpaired) electrons. The van der Waals surface area contributed by atoms with Crippen molar-refractivity contribution in [3.8, 4) is 5.75 Å². The zero-order valence-electron chi connectivity index (χ0n) is 13.8. The average molecular weight is 326 g/mol. The lowest BCUT2D eigenvalue weighted by atomic mass is 9.96. The van der Waals surface area contributed by atoms with E-state index in [0.29, 0.717) is 19.0 Å². The van der Waals surface area contributed by atoms with Crippen LogP contribution in [0.4, 0.5) is 5.95 Å². The van der Waals surface area contributed by atoms with E-state index in [4.69, 9.17) is 0 Å². The van der Waals surface area contributed by atoms with Gasteiger partial charge in [0.25, 0.3) is 0 Å². The van der Waals surface area contributed by atoms with Crippen molar-refractivity contribution < 1.29 is 9.90 Å². The van der Waals surface area contributed by atoms with Gasteiger partial charge in [0.15, 0.2) is 0 Å². The van der Waals surface area contributed by atoms with Crippen LogP contribution >= 0.6 is 0 Å². The van der Waals surface area contributed by atoms with E-state index in [9.17, 15) is 9.90 Å². The minimum Gasteiger partial charge on any atom is -0.508 e. The van der Waals surface area contributed by atoms with Crippen LogP contribution in [-0.4, -0.2) is 46.0 Å². The Bertz CT molecular complexity index is 692. The predicted molar refractivity (Wildman–Crippen MR) is 91.5 cm³/mol. The summed E-state index contributed by atoms with van der Waals surface area (Å²) in [5, 5.41) is 9.55. The quantitative estimate of drug-likeness (QED) is 0.931. The summed E-state index contributed by atoms with van der Waals surface area (Å²) in [7, 11) is 1.81. The SMILES string of the molecule is CN(Cc1cccc(O)c1)C(=O)[C@H]1CCCN(c2ncccn2)C1. The second kappa shape index (κ2) is 7.29. The van der Waals surface area contributed by atoms with Gasteiger partial charge in [-0.2, -0.15) is 0 Å². The third kappa shape index (κ3) is 3.82. The van der Waals surface area contributed by atoms with Crippen molar-refractivity contribution in [3.63, 3.8) is 0 Å². The maximum absolute atomic E-state index is 12.8. The maximum Gasteiger partial charge on any atom is 0.227 e. The van der Waals surface area contributed by atoms with Crippen LogP contribution in [0.5, 0.6) is 5.75 Å². The van der Waals surface area contributed by atoms with Crippen molar-refractivity contribution in [1.29, 1.82) is 0 Å². The summed E-state index contributed by atoms with van der Waals surface area (Å²) < 4.78 is 0. The predicted octanol–water partition coefficient (Wildman–Crippen LogP) is 2.06. The molecule has 1 aromatic carbocycles. The number of anilines is 1. The lowest BCUT2D eigenvalue weighted by molar-refractivity contribution is -0.135. The molecule has 0 bridgehead atoms. The highest BCUT2D eigenvalue weighted by Gasteiger charge is 2.29. The Balaban J connectivity index is 1.63. The van der Waals surface area contributed by atoms with Gasteiger partial charge in [0.1, 0.15) is 5.75 Å². The summed E-state index contributed by atoms with van der Waals surface area (Å²) in [5.41, 5.74) is 0.921. The molecule has 1 atom stereocenters. The monoisotopic (exact) mass is 326 g/mol. The van der Waals surface area contributed by atoms with E-state index >= 15 is 0 Å². The number of amides is 1. The molecule has 0 saturated carbocycles. The van der Waals surface area contributed by atoms with Gasteiger partial charge in [0, 0.05) is 39.1 Å². The third-order valence-electron chi connectivity index (χ3n) is 4.31. The highest BCUT2D eigenvalue weighted by Crippen LogP contribution is 2.22. The number of carbonyl (C=O) groups is 1. The van der Waals surface area contributed by atoms with Gasteiger partial charge in [-0.3, -0.25) is 4.79 Å². The largest absolute Gasteiger partial charge is 0.508 e. The molecular formula is C18H22N4O2. The molecule has 2 aromatic rings. The fourth-order valence-electron chi connectivity index (χ4n) is 3.13. The van der Waals surface area contributed by atoms with Crippen molar-refractivity contribution in [2.45, 2.75) is 19.4 Å². The Hall–Kier alpha value is -2.63. The van der Waals surface area contributed by atoms with Gasteiger partial charge in [-0.25, -0.2) is 9.97 Å². The summed E-state index contributed by atoms with van der Waals surface area (Å²) in [6.07, 6.45) is 5.28. The first-order valence-corrected chi connectivity index (χ1v) is 8.18. The van der Waals surface area contributed by atoms with Crippen LogP contribution in [0.25, 0.3) is 0 Å². The smallest absolute Gasteiger partial charge is 0.227 e. The van der Waals surface area contributed by atoms with Gasteiger partial charge >= 0.3 is 0 Å². The van der Waals surface area contributed by atoms with E-state index in [-0.39, 0.29) is 17.6 Å². The molecule has 1 saturated heterocycles. The van der Waals surface area contributed by atoms with E-state index in [1.807, 2.05) is 13.1 Å². The van der Waals surface area contributed by atoms with Crippen molar-refractivity contribution in [3.05, 3.63) is 48.3 Å². The number of nitrogens with zero attached hydrogens (tertiary/aromatic N) is 4. The Morgan fingerprint density at radius 3 is 2.88 bits per heavy atom. The lowest BCUT2D eigenvalue weighted by Gasteiger charge is -2.34. The Morgan fingerprint density at radius 1 is 1.33 bits per heavy atom. The van der Waals surface area contributed by atoms with Crippen LogP contribution in [0, 0.1) is 5.92 Å². The number of benzene rings is 1. The van der Waals surface area contributed by atoms with Crippen molar-refractivity contribution in [2.75, 3.05) is 25.0 Å². The molecule has 1 aliphatic rings. The summed E-state index contributed by atoms with van der Waals surface area (Å²) in [4.78, 5) is 25.1. The van der Waals surface area contributed by atoms with Crippen LogP contribution in [0.3, 0.4) is 0 Å². The first-order valence-electron chi connectivity index (χ1n) is 8.18. The number of phenols is 1. The summed E-state index contributed by atoms with van der Waals surface area (Å²) in [6, 6.07) is 8.81. The number of aromatic nitrogens is 2. The van der Waals surface area contributed by atoms with Crippen LogP contribution < -0.4 is 4.90 Å². The molecule has 1 fully saturated rings. The minimum absolute atomic E-state index is 0.0511. The molecule has 0 spiro atoms. The summed E-state index contributed by atoms with van der Waals surface area (Å²) in [5.74, 6) is 0.980. The van der Waals surface area contributed by atoms with E-state index in [0.717, 1.165) is 24.9 Å². The van der Waals surface area contributed by atoms with Crippen LogP contribution in [0.15, 0.2) is 42.7 Å². The first kappa shape index (κ1) is 16.2. The van der Waals surface area contributed by atoms with Gasteiger partial charge < -0.3 is 14.9 Å². The molecule has 24 heavy (non-hydrogen) atoms. The molecule has 1 N–H and O–H groups in total. The van der Waals surface area contributed by atoms with E-state index < -0.39 is 0 Å². The molecule has 1 aromatic heterocycles. The second-order valence-corrected chi connectivity index (χ2v) is 6.20. The zero-order valence-corrected chi connectivity index (χ0v) is 13.8. The van der Waals surface area contributed by atoms with Gasteiger partial charge in [-0.15, -0.1) is 0 Å². The highest BCUT2D eigenvalue weighted by molar-refractivity contribution is 5.79. The Morgan fingerprint density at radius 2 is 2.12 bits per heavy atom. The van der Waals surface area contributed by atoms with Crippen molar-refractivity contribution in [2.24, 2.45) is 5.92 Å². The van der Waals surface area contributed by atoms with Gasteiger partial charge in [-0.05, 0) is 36.6 Å². The molecule has 0 aliphatic carbocycles. The average Bonchev–Trinajstić information content (AvgIpc) is 2.62. The van der Waals surface area contributed by atoms with E-state index in [2.05, 4.69) is 14.9 Å². The number of piperidine rings is 1. The molecule has 2 heterocycles. The Labute approximate surface area is 141 Å². The number of rotatable bonds is 4. The first-order chi connectivity index (χ1) is 11.6. The van der Waals surface area contributed by atoms with E-state index in [1.54, 1.807) is 41.6 Å². The van der Waals surface area contributed by atoms with Gasteiger partial charge in [-0.1, -0.05) is 12.1 Å². The summed E-state index contributed by atoms with van der Waals surface area (Å²) in [6.45, 7) is 2.02. The normalized spacial score (nSPS) is 17.5. The Kier molecular flexibility index (Phi) is 4.93. The maximum atomic E-state index is 12.8. The zero-order chi connectivity index (χ0) is 16.9. The summed E-state index contributed by atoms with van der Waals surface area (Å²) >= 11 is 0. The molecule has 6 nitrogen and oxygen atoms in total. The minimum atomic E-state index is -0.0511. The molecular weight excluding hydrogens is 304 g/mol. The molecule has 1 aliphatic heterocycles. The molecule has 3 rings (SSSR count). The number of carbonyl (C=O) groups excluding carboxylic acids is 1. The van der Waals surface area contributed by atoms with E-state index in [1.165, 1.54) is 0 Å². The fourth-order valence-corrected chi connectivity index (χ4v) is 3.13. The lowest BCUT2D eigenvalue weighted by Crippen LogP contribution is -2.44. The topological polar surface area (TPSA) is 69.6 Å². The number of hydrogen-bond acceptors (Lipinski definition) is 5. The van der Waals surface area contributed by atoms with Crippen LogP contribution in [0.1, 0.15) is 18.4 Å². The van der Waals surface area contributed by atoms with Gasteiger partial charge in [0.05, 0.1) is 5.92 Å². The van der Waals surface area contributed by atoms with Gasteiger partial charge in [0.2, 0.25) is 11.9 Å². The van der Waals surface area contributed by atoms with Crippen LogP contribution in [-0.2, 0) is 11.3 Å². The van der Waals surface area contributed by atoms with Crippen molar-refractivity contribution in [1.82, 2.24) is 14.9 Å². The number of phenolic OH excluding ortho intramolecular Hbond substituents is 1. The van der Waals surface area contributed by atoms with Crippen molar-refractivity contribution >= 4 is 11.9 Å². The molecule has 126 valence electrons. The molecule has 0 unspecified atom stereocenters. The molecule has 1 amide bonds. The highest BCUT2D eigenvalue weighted by atomic mass is 16.3. The fraction of sp³-hybridized carbons (Fsp3) is 0.389. The number of aromatic hydroxyl groups is 1. The second-order valence-electron chi connectivity index (χ2n) is 6.20. The van der Waals surface area contributed by atoms with Crippen LogP contribution in [0.2, 0.25) is 0 Å². The molecule has 6 heteroatoms. The standard InChI is InChI=1S/C18H22N4O2/c1-21(12-14-5-2-7-16(23)11-14)17(24)15-6-3-10-22(13-15)18-19-8-4-9-20-18/h2,4-5,7-9,11,15,23H,3,6,10,12-13H2,1H3/t15-/m0/s1.